The molecule has 5 nitrogen and oxygen atoms in total. The predicted molar refractivity (Wildman–Crippen MR) is 103 cm³/mol. The normalized spacial score (nSPS) is 14.5. The first kappa shape index (κ1) is 21.3. The number of carbonyl (C=O) groups is 1. The molecule has 2 heterocycles. The lowest BCUT2D eigenvalue weighted by Gasteiger charge is -2.09. The van der Waals surface area contributed by atoms with E-state index in [0.29, 0.717) is 22.5 Å². The zero-order valence-corrected chi connectivity index (χ0v) is 16.9. The third-order valence-corrected chi connectivity index (χ3v) is 5.44. The lowest BCUT2D eigenvalue weighted by Crippen LogP contribution is -2.25. The quantitative estimate of drug-likeness (QED) is 0.447. The van der Waals surface area contributed by atoms with Crippen LogP contribution in [0.1, 0.15) is 20.4 Å². The molecule has 0 spiro atoms. The summed E-state index contributed by atoms with van der Waals surface area (Å²) in [7, 11) is 0. The Balaban J connectivity index is 1.56. The Hall–Kier alpha value is -2.92. The van der Waals surface area contributed by atoms with Crippen LogP contribution in [0.15, 0.2) is 36.4 Å². The van der Waals surface area contributed by atoms with E-state index in [2.05, 4.69) is 19.8 Å². The van der Waals surface area contributed by atoms with Gasteiger partial charge in [-0.2, -0.15) is 13.2 Å². The molecule has 1 aliphatic heterocycles. The average molecular weight is 477 g/mol. The lowest BCUT2D eigenvalue weighted by atomic mass is 10.0. The van der Waals surface area contributed by atoms with Crippen LogP contribution in [0.5, 0.6) is 11.5 Å². The Morgan fingerprint density at radius 1 is 1.13 bits per heavy atom. The van der Waals surface area contributed by atoms with Gasteiger partial charge in [0.25, 0.3) is 5.91 Å². The average Bonchev–Trinajstić information content (AvgIpc) is 3.20. The molecule has 0 saturated heterocycles. The SMILES string of the molecule is Cc1nc(C(F)(F)F)c(C(=O)Nc2ccc(-c3cc4c(cc3Cl)OC(F)(F)O4)cc2)s1. The van der Waals surface area contributed by atoms with Gasteiger partial charge in [0.2, 0.25) is 0 Å². The first-order valence-corrected chi connectivity index (χ1v) is 9.68. The van der Waals surface area contributed by atoms with Gasteiger partial charge in [-0.15, -0.1) is 20.1 Å². The van der Waals surface area contributed by atoms with E-state index in [0.717, 1.165) is 0 Å². The van der Waals surface area contributed by atoms with Crippen LogP contribution >= 0.6 is 22.9 Å². The number of anilines is 1. The van der Waals surface area contributed by atoms with E-state index >= 15 is 0 Å². The first-order chi connectivity index (χ1) is 14.4. The van der Waals surface area contributed by atoms with Gasteiger partial charge in [-0.25, -0.2) is 4.98 Å². The summed E-state index contributed by atoms with van der Waals surface area (Å²) >= 11 is 6.77. The minimum absolute atomic E-state index is 0.107. The van der Waals surface area contributed by atoms with E-state index < -0.39 is 28.9 Å². The molecule has 0 unspecified atom stereocenters. The molecule has 3 aromatic rings. The number of aromatic nitrogens is 1. The number of thiazole rings is 1. The third kappa shape index (κ3) is 4.28. The summed E-state index contributed by atoms with van der Waals surface area (Å²) in [5.41, 5.74) is -0.171. The molecule has 1 aromatic heterocycles. The molecule has 0 aliphatic carbocycles. The van der Waals surface area contributed by atoms with E-state index in [1.54, 1.807) is 0 Å². The fourth-order valence-corrected chi connectivity index (χ4v) is 3.98. The predicted octanol–water partition coefficient (Wildman–Crippen LogP) is 6.36. The van der Waals surface area contributed by atoms with Gasteiger partial charge in [-0.3, -0.25) is 4.79 Å². The summed E-state index contributed by atoms with van der Waals surface area (Å²) in [5, 5.41) is 2.61. The van der Waals surface area contributed by atoms with Crippen LogP contribution in [-0.4, -0.2) is 17.2 Å². The number of hydrogen-bond donors (Lipinski definition) is 1. The van der Waals surface area contributed by atoms with Crippen molar-refractivity contribution in [2.75, 3.05) is 5.32 Å². The van der Waals surface area contributed by atoms with Gasteiger partial charge < -0.3 is 14.8 Å². The van der Waals surface area contributed by atoms with E-state index in [1.165, 1.54) is 43.3 Å². The topological polar surface area (TPSA) is 60.5 Å². The number of carbonyl (C=O) groups excluding carboxylic acids is 1. The maximum absolute atomic E-state index is 13.2. The maximum Gasteiger partial charge on any atom is 0.586 e. The van der Waals surface area contributed by atoms with Crippen molar-refractivity contribution in [2.45, 2.75) is 19.4 Å². The smallest absolute Gasteiger partial charge is 0.395 e. The van der Waals surface area contributed by atoms with Gasteiger partial charge in [0.1, 0.15) is 4.88 Å². The highest BCUT2D eigenvalue weighted by Crippen LogP contribution is 2.46. The van der Waals surface area contributed by atoms with Crippen LogP contribution in [0.25, 0.3) is 11.1 Å². The van der Waals surface area contributed by atoms with Crippen molar-refractivity contribution in [1.29, 1.82) is 0 Å². The van der Waals surface area contributed by atoms with Crippen LogP contribution in [0, 0.1) is 6.92 Å². The second-order valence-electron chi connectivity index (χ2n) is 6.39. The molecule has 1 amide bonds. The van der Waals surface area contributed by atoms with E-state index in [1.807, 2.05) is 0 Å². The highest BCUT2D eigenvalue weighted by molar-refractivity contribution is 7.13. The summed E-state index contributed by atoms with van der Waals surface area (Å²) in [6, 6.07) is 8.36. The van der Waals surface area contributed by atoms with E-state index in [4.69, 9.17) is 11.6 Å². The minimum atomic E-state index is -4.76. The highest BCUT2D eigenvalue weighted by Gasteiger charge is 2.44. The summed E-state index contributed by atoms with van der Waals surface area (Å²) in [4.78, 5) is 15.2. The summed E-state index contributed by atoms with van der Waals surface area (Å²) in [6.45, 7) is 1.37. The maximum atomic E-state index is 13.2. The van der Waals surface area contributed by atoms with Gasteiger partial charge in [0.05, 0.1) is 10.0 Å². The number of ether oxygens (including phenoxy) is 2. The standard InChI is InChI=1S/C19H10ClF5N2O3S/c1-8-26-16(18(21,22)23)15(31-8)17(28)27-10-4-2-9(3-5-10)11-6-13-14(7-12(11)20)30-19(24,25)29-13/h2-7H,1H3,(H,27,28). The van der Waals surface area contributed by atoms with Crippen molar-refractivity contribution < 1.29 is 36.2 Å². The number of alkyl halides is 5. The van der Waals surface area contributed by atoms with Gasteiger partial charge in [0.15, 0.2) is 17.2 Å². The van der Waals surface area contributed by atoms with Crippen molar-refractivity contribution in [1.82, 2.24) is 4.98 Å². The van der Waals surface area contributed by atoms with E-state index in [-0.39, 0.29) is 27.2 Å². The van der Waals surface area contributed by atoms with Crippen LogP contribution in [0.2, 0.25) is 5.02 Å². The Morgan fingerprint density at radius 2 is 1.74 bits per heavy atom. The van der Waals surface area contributed by atoms with Crippen LogP contribution in [-0.2, 0) is 6.18 Å². The molecular formula is C19H10ClF5N2O3S. The zero-order chi connectivity index (χ0) is 22.6. The minimum Gasteiger partial charge on any atom is -0.395 e. The fourth-order valence-electron chi connectivity index (χ4n) is 2.89. The summed E-state index contributed by atoms with van der Waals surface area (Å²) < 4.78 is 74.4. The number of halogens is 6. The lowest BCUT2D eigenvalue weighted by molar-refractivity contribution is -0.286. The fraction of sp³-hybridized carbons (Fsp3) is 0.158. The molecule has 0 bridgehead atoms. The molecule has 31 heavy (non-hydrogen) atoms. The monoisotopic (exact) mass is 476 g/mol. The molecular weight excluding hydrogens is 467 g/mol. The number of hydrogen-bond acceptors (Lipinski definition) is 5. The van der Waals surface area contributed by atoms with Crippen LogP contribution in [0.3, 0.4) is 0 Å². The molecule has 4 rings (SSSR count). The molecule has 0 fully saturated rings. The van der Waals surface area contributed by atoms with Crippen molar-refractivity contribution in [3.8, 4) is 22.6 Å². The molecule has 1 aliphatic rings. The molecule has 1 N–H and O–H groups in total. The number of nitrogens with zero attached hydrogens (tertiary/aromatic N) is 1. The number of nitrogens with one attached hydrogen (secondary N) is 1. The van der Waals surface area contributed by atoms with Gasteiger partial charge in [-0.1, -0.05) is 23.7 Å². The number of rotatable bonds is 3. The third-order valence-electron chi connectivity index (χ3n) is 4.15. The summed E-state index contributed by atoms with van der Waals surface area (Å²) in [5.74, 6) is -1.35. The molecule has 12 heteroatoms. The Labute approximate surface area is 180 Å². The van der Waals surface area contributed by atoms with Gasteiger partial charge >= 0.3 is 12.5 Å². The second-order valence-corrected chi connectivity index (χ2v) is 8.00. The van der Waals surface area contributed by atoms with E-state index in [9.17, 15) is 26.7 Å². The molecule has 2 aromatic carbocycles. The number of amides is 1. The highest BCUT2D eigenvalue weighted by atomic mass is 35.5. The zero-order valence-electron chi connectivity index (χ0n) is 15.3. The number of fused-ring (bicyclic) bond motifs is 1. The van der Waals surface area contributed by atoms with Crippen molar-refractivity contribution in [2.24, 2.45) is 0 Å². The molecule has 162 valence electrons. The van der Waals surface area contributed by atoms with Crippen molar-refractivity contribution >= 4 is 34.5 Å². The largest absolute Gasteiger partial charge is 0.586 e. The number of benzene rings is 2. The Morgan fingerprint density at radius 3 is 2.35 bits per heavy atom. The first-order valence-electron chi connectivity index (χ1n) is 8.49. The summed E-state index contributed by atoms with van der Waals surface area (Å²) in [6.07, 6.45) is -8.54. The molecule has 0 radical (unpaired) electrons. The van der Waals surface area contributed by atoms with Crippen LogP contribution < -0.4 is 14.8 Å². The van der Waals surface area contributed by atoms with Crippen LogP contribution in [0.4, 0.5) is 27.6 Å². The van der Waals surface area contributed by atoms with Crippen molar-refractivity contribution in [3.63, 3.8) is 0 Å². The Kier molecular flexibility index (Phi) is 5.05. The van der Waals surface area contributed by atoms with Gasteiger partial charge in [0, 0.05) is 17.3 Å². The molecule has 0 atom stereocenters. The second kappa shape index (κ2) is 7.34. The molecule has 0 saturated carbocycles. The Bertz CT molecular complexity index is 1180. The number of aryl methyl sites for hydroxylation is 1. The van der Waals surface area contributed by atoms with Crippen molar-refractivity contribution in [3.05, 3.63) is 57.0 Å². The van der Waals surface area contributed by atoms with Gasteiger partial charge in [-0.05, 0) is 30.7 Å².